The molecule has 190 valence electrons. The van der Waals surface area contributed by atoms with E-state index < -0.39 is 9.84 Å². The molecule has 0 aliphatic carbocycles. The molecule has 0 radical (unpaired) electrons. The first-order valence-electron chi connectivity index (χ1n) is 11.9. The van der Waals surface area contributed by atoms with Gasteiger partial charge in [-0.1, -0.05) is 5.92 Å². The average Bonchev–Trinajstić information content (AvgIpc) is 3.30. The molecule has 0 N–H and O–H groups in total. The lowest BCUT2D eigenvalue weighted by molar-refractivity contribution is 0.341. The number of ether oxygens (including phenoxy) is 1. The largest absolute Gasteiger partial charge is 0.496 e. The molecule has 0 aromatic carbocycles. The predicted molar refractivity (Wildman–Crippen MR) is 144 cm³/mol. The van der Waals surface area contributed by atoms with Crippen LogP contribution in [0.2, 0.25) is 0 Å². The molecule has 0 unspecified atom stereocenters. The van der Waals surface area contributed by atoms with Gasteiger partial charge in [-0.15, -0.1) is 0 Å². The van der Waals surface area contributed by atoms with E-state index in [4.69, 9.17) is 14.7 Å². The molecule has 1 aliphatic rings. The fourth-order valence-corrected chi connectivity index (χ4v) is 5.99. The number of sulfone groups is 1. The first-order chi connectivity index (χ1) is 17.7. The van der Waals surface area contributed by atoms with Crippen LogP contribution in [0.15, 0.2) is 42.9 Å². The number of anilines is 1. The molecule has 10 heteroatoms. The Balaban J connectivity index is 1.60. The molecule has 4 aromatic heterocycles. The number of hydrogen-bond acceptors (Lipinski definition) is 8. The molecule has 9 nitrogen and oxygen atoms in total. The van der Waals surface area contributed by atoms with Crippen LogP contribution in [0, 0.1) is 24.7 Å². The van der Waals surface area contributed by atoms with Crippen molar-refractivity contribution in [3.8, 4) is 34.7 Å². The molecule has 5 heterocycles. The third-order valence-corrected chi connectivity index (χ3v) is 7.79. The zero-order chi connectivity index (χ0) is 26.3. The van der Waals surface area contributed by atoms with Crippen molar-refractivity contribution in [1.82, 2.24) is 24.7 Å². The second-order valence-electron chi connectivity index (χ2n) is 9.35. The van der Waals surface area contributed by atoms with Crippen LogP contribution in [0.25, 0.3) is 28.0 Å². The van der Waals surface area contributed by atoms with E-state index in [2.05, 4.69) is 33.7 Å². The number of aromatic nitrogens is 5. The monoisotopic (exact) mass is 516 g/mol. The highest BCUT2D eigenvalue weighted by atomic mass is 32.2. The standard InChI is InChI=1S/C27H28N6O3S/c1-6-7-20-10-21(32-15-19(18(32)3)16-37(5,34)35)11-27(31-20)33-25-12-24(30-17(2)22(25)14-29-33)23-13-28-9-8-26(23)36-4/h8-14,18-19H,15-16H2,1-5H3/t18-,19-/m1/s1. The van der Waals surface area contributed by atoms with Crippen molar-refractivity contribution in [1.29, 1.82) is 0 Å². The van der Waals surface area contributed by atoms with Crippen molar-refractivity contribution in [2.75, 3.05) is 30.6 Å². The van der Waals surface area contributed by atoms with E-state index in [9.17, 15) is 8.42 Å². The Morgan fingerprint density at radius 2 is 2.00 bits per heavy atom. The van der Waals surface area contributed by atoms with Crippen molar-refractivity contribution >= 4 is 26.4 Å². The molecule has 0 bridgehead atoms. The zero-order valence-corrected chi connectivity index (χ0v) is 22.2. The predicted octanol–water partition coefficient (Wildman–Crippen LogP) is 3.44. The lowest BCUT2D eigenvalue weighted by Gasteiger charge is -2.48. The average molecular weight is 517 g/mol. The summed E-state index contributed by atoms with van der Waals surface area (Å²) in [5.74, 6) is 7.57. The van der Waals surface area contributed by atoms with Crippen molar-refractivity contribution in [2.45, 2.75) is 26.8 Å². The van der Waals surface area contributed by atoms with Gasteiger partial charge in [0.1, 0.15) is 21.3 Å². The Bertz CT molecular complexity index is 1670. The summed E-state index contributed by atoms with van der Waals surface area (Å²) in [5, 5.41) is 5.56. The number of methoxy groups -OCH3 is 1. The first-order valence-corrected chi connectivity index (χ1v) is 14.0. The summed E-state index contributed by atoms with van der Waals surface area (Å²) in [6, 6.07) is 7.76. The second kappa shape index (κ2) is 9.48. The highest BCUT2D eigenvalue weighted by Gasteiger charge is 2.37. The maximum atomic E-state index is 11.8. The van der Waals surface area contributed by atoms with Crippen LogP contribution in [-0.4, -0.2) is 64.9 Å². The molecular formula is C27H28N6O3S. The minimum absolute atomic E-state index is 0.0814. The third-order valence-electron chi connectivity index (χ3n) is 6.75. The number of fused-ring (bicyclic) bond motifs is 1. The number of aryl methyl sites for hydroxylation is 1. The highest BCUT2D eigenvalue weighted by Crippen LogP contribution is 2.35. The van der Waals surface area contributed by atoms with Crippen LogP contribution in [0.1, 0.15) is 25.2 Å². The van der Waals surface area contributed by atoms with Crippen LogP contribution in [0.5, 0.6) is 5.75 Å². The number of nitrogens with zero attached hydrogens (tertiary/aromatic N) is 6. The van der Waals surface area contributed by atoms with Crippen LogP contribution >= 0.6 is 0 Å². The summed E-state index contributed by atoms with van der Waals surface area (Å²) in [6.07, 6.45) is 6.49. The van der Waals surface area contributed by atoms with Crippen LogP contribution < -0.4 is 9.64 Å². The van der Waals surface area contributed by atoms with Gasteiger partial charge in [-0.2, -0.15) is 5.10 Å². The molecule has 0 spiro atoms. The second-order valence-corrected chi connectivity index (χ2v) is 11.5. The molecule has 1 saturated heterocycles. The Morgan fingerprint density at radius 3 is 2.70 bits per heavy atom. The van der Waals surface area contributed by atoms with Gasteiger partial charge in [0.2, 0.25) is 0 Å². The molecule has 0 saturated carbocycles. The number of rotatable bonds is 6. The summed E-state index contributed by atoms with van der Waals surface area (Å²) >= 11 is 0. The Morgan fingerprint density at radius 1 is 1.19 bits per heavy atom. The van der Waals surface area contributed by atoms with Gasteiger partial charge in [-0.05, 0) is 44.9 Å². The molecule has 37 heavy (non-hydrogen) atoms. The first kappa shape index (κ1) is 24.7. The van der Waals surface area contributed by atoms with Crippen LogP contribution in [-0.2, 0) is 9.84 Å². The molecule has 5 rings (SSSR count). The van der Waals surface area contributed by atoms with Crippen molar-refractivity contribution in [2.24, 2.45) is 5.92 Å². The fourth-order valence-electron chi connectivity index (χ4n) is 4.83. The van der Waals surface area contributed by atoms with Gasteiger partial charge in [-0.3, -0.25) is 9.97 Å². The highest BCUT2D eigenvalue weighted by molar-refractivity contribution is 7.90. The Labute approximate surface area is 216 Å². The van der Waals surface area contributed by atoms with Crippen LogP contribution in [0.4, 0.5) is 5.69 Å². The number of pyridine rings is 3. The van der Waals surface area contributed by atoms with Gasteiger partial charge in [0.15, 0.2) is 5.82 Å². The van der Waals surface area contributed by atoms with Gasteiger partial charge < -0.3 is 9.64 Å². The van der Waals surface area contributed by atoms with Gasteiger partial charge >= 0.3 is 0 Å². The van der Waals surface area contributed by atoms with Gasteiger partial charge in [0.05, 0.1) is 35.8 Å². The topological polar surface area (TPSA) is 103 Å². The molecule has 4 aromatic rings. The molecule has 1 aliphatic heterocycles. The normalized spacial score (nSPS) is 17.3. The summed E-state index contributed by atoms with van der Waals surface area (Å²) in [4.78, 5) is 16.0. The van der Waals surface area contributed by atoms with Gasteiger partial charge in [-0.25, -0.2) is 18.1 Å². The van der Waals surface area contributed by atoms with E-state index in [1.807, 2.05) is 25.1 Å². The van der Waals surface area contributed by atoms with E-state index in [-0.39, 0.29) is 17.7 Å². The van der Waals surface area contributed by atoms with Crippen LogP contribution in [0.3, 0.4) is 0 Å². The van der Waals surface area contributed by atoms with Gasteiger partial charge in [0.25, 0.3) is 0 Å². The quantitative estimate of drug-likeness (QED) is 0.359. The summed E-state index contributed by atoms with van der Waals surface area (Å²) in [7, 11) is -1.42. The maximum absolute atomic E-state index is 11.8. The SMILES string of the molecule is CC#Cc1cc(N2C[C@H](CS(C)(=O)=O)[C@H]2C)cc(-n2ncc3c(C)nc(-c4cnccc4OC)cc32)n1. The van der Waals surface area contributed by atoms with Crippen molar-refractivity contribution in [3.63, 3.8) is 0 Å². The molecule has 2 atom stereocenters. The summed E-state index contributed by atoms with van der Waals surface area (Å²) in [5.41, 5.74) is 4.74. The van der Waals surface area contributed by atoms with Gasteiger partial charge in [0, 0.05) is 60.0 Å². The molecule has 0 amide bonds. The van der Waals surface area contributed by atoms with Crippen molar-refractivity contribution < 1.29 is 13.2 Å². The minimum atomic E-state index is -3.04. The maximum Gasteiger partial charge on any atom is 0.157 e. The summed E-state index contributed by atoms with van der Waals surface area (Å²) in [6.45, 7) is 6.43. The van der Waals surface area contributed by atoms with E-state index in [1.165, 1.54) is 6.26 Å². The minimum Gasteiger partial charge on any atom is -0.496 e. The van der Waals surface area contributed by atoms with Crippen molar-refractivity contribution in [3.05, 3.63) is 54.2 Å². The zero-order valence-electron chi connectivity index (χ0n) is 21.4. The smallest absolute Gasteiger partial charge is 0.157 e. The Hall–Kier alpha value is -3.97. The lowest BCUT2D eigenvalue weighted by atomic mass is 9.91. The third kappa shape index (κ3) is 4.74. The van der Waals surface area contributed by atoms with E-state index in [0.717, 1.165) is 33.5 Å². The van der Waals surface area contributed by atoms with E-state index >= 15 is 0 Å². The Kier molecular flexibility index (Phi) is 6.33. The lowest BCUT2D eigenvalue weighted by Crippen LogP contribution is -2.57. The molecule has 1 fully saturated rings. The fraction of sp³-hybridized carbons (Fsp3) is 0.333. The number of hydrogen-bond donors (Lipinski definition) is 0. The van der Waals surface area contributed by atoms with E-state index in [1.54, 1.807) is 43.4 Å². The van der Waals surface area contributed by atoms with E-state index in [0.29, 0.717) is 23.8 Å². The summed E-state index contributed by atoms with van der Waals surface area (Å²) < 4.78 is 31.0. The molecular weight excluding hydrogens is 488 g/mol.